The SMILES string of the molecule is CC1(C)CN(C(=O)Cn2cnnn2)c2c(C(F)(F)F)cccc21. The van der Waals surface area contributed by atoms with Gasteiger partial charge in [0.2, 0.25) is 5.91 Å². The molecule has 0 radical (unpaired) electrons. The van der Waals surface area contributed by atoms with Crippen molar-refractivity contribution in [1.29, 1.82) is 0 Å². The quantitative estimate of drug-likeness (QED) is 0.847. The summed E-state index contributed by atoms with van der Waals surface area (Å²) < 4.78 is 41.2. The Labute approximate surface area is 129 Å². The van der Waals surface area contributed by atoms with E-state index in [-0.39, 0.29) is 18.8 Å². The third kappa shape index (κ3) is 2.66. The number of amides is 1. The zero-order valence-corrected chi connectivity index (χ0v) is 12.5. The standard InChI is InChI=1S/C14H14F3N5O/c1-13(2)7-22(11(23)6-21-8-18-19-20-21)12-9(13)4-3-5-10(12)14(15,16)17/h3-5,8H,6-7H2,1-2H3. The number of fused-ring (bicyclic) bond motifs is 1. The lowest BCUT2D eigenvalue weighted by Crippen LogP contribution is -2.37. The van der Waals surface area contributed by atoms with E-state index in [4.69, 9.17) is 0 Å². The minimum absolute atomic E-state index is 0.0666. The number of hydrogen-bond donors (Lipinski definition) is 0. The van der Waals surface area contributed by atoms with E-state index < -0.39 is 23.1 Å². The van der Waals surface area contributed by atoms with Crippen molar-refractivity contribution in [2.75, 3.05) is 11.4 Å². The number of carbonyl (C=O) groups is 1. The van der Waals surface area contributed by atoms with E-state index in [0.29, 0.717) is 5.56 Å². The monoisotopic (exact) mass is 325 g/mol. The topological polar surface area (TPSA) is 63.9 Å². The second-order valence-electron chi connectivity index (χ2n) is 6.07. The van der Waals surface area contributed by atoms with E-state index in [0.717, 1.165) is 6.07 Å². The van der Waals surface area contributed by atoms with Crippen LogP contribution < -0.4 is 4.90 Å². The highest BCUT2D eigenvalue weighted by Gasteiger charge is 2.45. The first-order valence-corrected chi connectivity index (χ1v) is 6.92. The van der Waals surface area contributed by atoms with E-state index in [1.807, 2.05) is 13.8 Å². The second kappa shape index (κ2) is 5.04. The molecule has 3 rings (SSSR count). The van der Waals surface area contributed by atoms with Gasteiger partial charge in [-0.15, -0.1) is 5.10 Å². The average molecular weight is 325 g/mol. The number of anilines is 1. The predicted octanol–water partition coefficient (Wildman–Crippen LogP) is 2.02. The van der Waals surface area contributed by atoms with Crippen molar-refractivity contribution in [3.05, 3.63) is 35.7 Å². The molecule has 0 spiro atoms. The summed E-state index contributed by atoms with van der Waals surface area (Å²) in [5.74, 6) is -0.485. The van der Waals surface area contributed by atoms with Gasteiger partial charge in [-0.25, -0.2) is 4.68 Å². The first kappa shape index (κ1) is 15.4. The molecule has 0 unspecified atom stereocenters. The van der Waals surface area contributed by atoms with Crippen LogP contribution in [0.25, 0.3) is 0 Å². The number of halogens is 3. The summed E-state index contributed by atoms with van der Waals surface area (Å²) in [7, 11) is 0. The third-order valence-electron chi connectivity index (χ3n) is 3.88. The Balaban J connectivity index is 2.05. The van der Waals surface area contributed by atoms with E-state index in [9.17, 15) is 18.0 Å². The molecule has 0 atom stereocenters. The molecule has 122 valence electrons. The van der Waals surface area contributed by atoms with Crippen LogP contribution in [0.3, 0.4) is 0 Å². The fourth-order valence-electron chi connectivity index (χ4n) is 2.86. The van der Waals surface area contributed by atoms with Gasteiger partial charge in [0.1, 0.15) is 12.9 Å². The van der Waals surface area contributed by atoms with Gasteiger partial charge in [-0.2, -0.15) is 13.2 Å². The molecule has 1 aliphatic rings. The molecule has 9 heteroatoms. The number of nitrogens with zero attached hydrogens (tertiary/aromatic N) is 5. The van der Waals surface area contributed by atoms with Crippen molar-refractivity contribution in [3.63, 3.8) is 0 Å². The average Bonchev–Trinajstić information content (AvgIpc) is 3.04. The van der Waals surface area contributed by atoms with Crippen LogP contribution >= 0.6 is 0 Å². The number of para-hydroxylation sites is 1. The minimum atomic E-state index is -4.53. The van der Waals surface area contributed by atoms with Crippen LogP contribution in [0.5, 0.6) is 0 Å². The first-order chi connectivity index (χ1) is 10.7. The molecule has 1 aliphatic heterocycles. The molecule has 0 N–H and O–H groups in total. The van der Waals surface area contributed by atoms with Crippen molar-refractivity contribution in [2.24, 2.45) is 0 Å². The lowest BCUT2D eigenvalue weighted by atomic mass is 9.86. The first-order valence-electron chi connectivity index (χ1n) is 6.92. The molecule has 2 aromatic rings. The molecule has 0 aliphatic carbocycles. The second-order valence-corrected chi connectivity index (χ2v) is 6.07. The third-order valence-corrected chi connectivity index (χ3v) is 3.88. The van der Waals surface area contributed by atoms with Gasteiger partial charge in [0.15, 0.2) is 0 Å². The summed E-state index contributed by atoms with van der Waals surface area (Å²) in [5, 5.41) is 10.4. The summed E-state index contributed by atoms with van der Waals surface area (Å²) in [6, 6.07) is 4.01. The van der Waals surface area contributed by atoms with Crippen LogP contribution in [0.2, 0.25) is 0 Å². The number of carbonyl (C=O) groups excluding carboxylic acids is 1. The number of rotatable bonds is 2. The lowest BCUT2D eigenvalue weighted by molar-refractivity contribution is -0.137. The molecular weight excluding hydrogens is 311 g/mol. The van der Waals surface area contributed by atoms with Crippen molar-refractivity contribution >= 4 is 11.6 Å². The Morgan fingerprint density at radius 1 is 1.35 bits per heavy atom. The number of hydrogen-bond acceptors (Lipinski definition) is 4. The van der Waals surface area contributed by atoms with Crippen LogP contribution in [0.15, 0.2) is 24.5 Å². The maximum Gasteiger partial charge on any atom is 0.418 e. The van der Waals surface area contributed by atoms with E-state index >= 15 is 0 Å². The molecule has 1 aromatic carbocycles. The normalized spacial score (nSPS) is 16.5. The van der Waals surface area contributed by atoms with Crippen LogP contribution in [-0.4, -0.2) is 32.7 Å². The van der Waals surface area contributed by atoms with Gasteiger partial charge in [-0.3, -0.25) is 4.79 Å². The molecule has 23 heavy (non-hydrogen) atoms. The van der Waals surface area contributed by atoms with Gasteiger partial charge < -0.3 is 4.90 Å². The van der Waals surface area contributed by atoms with Gasteiger partial charge in [-0.05, 0) is 22.1 Å². The smallest absolute Gasteiger partial charge is 0.309 e. The number of alkyl halides is 3. The fourth-order valence-corrected chi connectivity index (χ4v) is 2.86. The summed E-state index contributed by atoms with van der Waals surface area (Å²) in [4.78, 5) is 13.7. The van der Waals surface area contributed by atoms with Crippen LogP contribution in [0.4, 0.5) is 18.9 Å². The Morgan fingerprint density at radius 2 is 2.09 bits per heavy atom. The van der Waals surface area contributed by atoms with E-state index in [1.165, 1.54) is 22.0 Å². The van der Waals surface area contributed by atoms with Gasteiger partial charge >= 0.3 is 6.18 Å². The highest BCUT2D eigenvalue weighted by Crippen LogP contribution is 2.47. The van der Waals surface area contributed by atoms with Crippen molar-refractivity contribution in [1.82, 2.24) is 20.2 Å². The van der Waals surface area contributed by atoms with Gasteiger partial charge in [-0.1, -0.05) is 26.0 Å². The van der Waals surface area contributed by atoms with Gasteiger partial charge in [0.25, 0.3) is 0 Å². The Kier molecular flexibility index (Phi) is 3.38. The molecule has 1 amide bonds. The van der Waals surface area contributed by atoms with Crippen molar-refractivity contribution in [2.45, 2.75) is 32.0 Å². The lowest BCUT2D eigenvalue weighted by Gasteiger charge is -2.22. The van der Waals surface area contributed by atoms with E-state index in [1.54, 1.807) is 6.07 Å². The molecule has 1 aromatic heterocycles. The fraction of sp³-hybridized carbons (Fsp3) is 0.429. The molecule has 0 bridgehead atoms. The zero-order valence-electron chi connectivity index (χ0n) is 12.5. The van der Waals surface area contributed by atoms with Crippen LogP contribution in [-0.2, 0) is 22.9 Å². The van der Waals surface area contributed by atoms with E-state index in [2.05, 4.69) is 15.5 Å². The number of tetrazole rings is 1. The largest absolute Gasteiger partial charge is 0.418 e. The summed E-state index contributed by atoms with van der Waals surface area (Å²) in [6.45, 7) is 3.59. The Hall–Kier alpha value is -2.45. The van der Waals surface area contributed by atoms with Crippen molar-refractivity contribution in [3.8, 4) is 0 Å². The molecule has 0 saturated carbocycles. The molecule has 0 saturated heterocycles. The maximum atomic E-state index is 13.3. The molecule has 2 heterocycles. The van der Waals surface area contributed by atoms with Gasteiger partial charge in [0.05, 0.1) is 11.3 Å². The maximum absolute atomic E-state index is 13.3. The summed E-state index contributed by atoms with van der Waals surface area (Å²) in [6.07, 6.45) is -3.28. The van der Waals surface area contributed by atoms with Gasteiger partial charge in [0, 0.05) is 12.0 Å². The minimum Gasteiger partial charge on any atom is -0.309 e. The number of aromatic nitrogens is 4. The zero-order chi connectivity index (χ0) is 16.8. The molecule has 0 fully saturated rings. The molecular formula is C14H14F3N5O. The van der Waals surface area contributed by atoms with Crippen molar-refractivity contribution < 1.29 is 18.0 Å². The molecule has 6 nitrogen and oxygen atoms in total. The predicted molar refractivity (Wildman–Crippen MR) is 74.6 cm³/mol. The van der Waals surface area contributed by atoms with Crippen LogP contribution in [0.1, 0.15) is 25.0 Å². The summed E-state index contributed by atoms with van der Waals surface area (Å²) >= 11 is 0. The highest BCUT2D eigenvalue weighted by atomic mass is 19.4. The Morgan fingerprint density at radius 3 is 2.70 bits per heavy atom. The number of benzene rings is 1. The van der Waals surface area contributed by atoms with Crippen LogP contribution in [0, 0.1) is 0 Å². The summed E-state index contributed by atoms with van der Waals surface area (Å²) in [5.41, 5.74) is -0.918. The highest BCUT2D eigenvalue weighted by molar-refractivity contribution is 5.97. The Bertz CT molecular complexity index is 739.